The average Bonchev–Trinajstić information content (AvgIpc) is 3.26. The third-order valence-electron chi connectivity index (χ3n) is 18.9. The van der Waals surface area contributed by atoms with Gasteiger partial charge in [-0.1, -0.05) is 53.7 Å². The van der Waals surface area contributed by atoms with Crippen molar-refractivity contribution < 1.29 is 93.9 Å². The van der Waals surface area contributed by atoms with Crippen LogP contribution >= 0.6 is 0 Å². The highest BCUT2D eigenvalue weighted by Crippen LogP contribution is 2.75. The van der Waals surface area contributed by atoms with Gasteiger partial charge in [-0.2, -0.15) is 0 Å². The van der Waals surface area contributed by atoms with E-state index >= 15 is 0 Å². The van der Waals surface area contributed by atoms with Crippen LogP contribution in [0.15, 0.2) is 12.2 Å². The Morgan fingerprint density at radius 3 is 2.03 bits per heavy atom. The van der Waals surface area contributed by atoms with Gasteiger partial charge in [0.05, 0.1) is 36.3 Å². The van der Waals surface area contributed by atoms with Crippen molar-refractivity contribution in [3.63, 3.8) is 0 Å². The van der Waals surface area contributed by atoms with Gasteiger partial charge in [-0.3, -0.25) is 0 Å². The molecule has 0 radical (unpaired) electrons. The van der Waals surface area contributed by atoms with Gasteiger partial charge in [-0.05, 0) is 96.7 Å². The molecule has 0 aromatic rings. The number of hydrogen-bond donors (Lipinski definition) is 10. The Hall–Kier alpha value is -2.05. The SMILES string of the molecule is CC1(C)CC[C@]2(C=O)[C@H](O)C[C@]3(C)C(C=C[C@@H]4[C@@]5(C)CC[C@H](OC6OC(C(=O)O)C(O)C(OC7OCC(O)C(O)C7O)C6OC6OC(CO)C(O)C(O)C6O)[C@@](C)(C=O)[C@@H]5CC[C@]43C)[C@@H]2C1. The van der Waals surface area contributed by atoms with Gasteiger partial charge in [0, 0.05) is 0 Å². The first kappa shape index (κ1) is 50.3. The normalized spacial score (nSPS) is 55.6. The molecule has 374 valence electrons. The third-order valence-corrected chi connectivity index (χ3v) is 18.9. The number of aliphatic hydroxyl groups is 9. The van der Waals surface area contributed by atoms with Crippen LogP contribution in [0.4, 0.5) is 0 Å². The fraction of sp³-hybridized carbons (Fsp3) is 0.894. The number of aliphatic carboxylic acids is 1. The molecule has 3 heterocycles. The zero-order valence-electron chi connectivity index (χ0n) is 38.6. The molecule has 0 aromatic heterocycles. The number of allylic oxidation sites excluding steroid dienone is 2. The highest BCUT2D eigenvalue weighted by molar-refractivity contribution is 5.73. The number of ether oxygens (including phenoxy) is 6. The van der Waals surface area contributed by atoms with Crippen molar-refractivity contribution in [2.75, 3.05) is 13.2 Å². The number of rotatable bonds is 10. The van der Waals surface area contributed by atoms with Gasteiger partial charge in [-0.25, -0.2) is 4.79 Å². The van der Waals surface area contributed by atoms with Gasteiger partial charge in [0.1, 0.15) is 73.6 Å². The van der Waals surface area contributed by atoms with Gasteiger partial charge >= 0.3 is 5.97 Å². The Kier molecular flexibility index (Phi) is 13.5. The van der Waals surface area contributed by atoms with E-state index in [2.05, 4.69) is 46.8 Å². The number of aliphatic hydroxyl groups excluding tert-OH is 9. The van der Waals surface area contributed by atoms with Gasteiger partial charge in [-0.15, -0.1) is 0 Å². The van der Waals surface area contributed by atoms with E-state index in [9.17, 15) is 65.4 Å². The van der Waals surface area contributed by atoms with E-state index in [0.29, 0.717) is 32.1 Å². The molecule has 25 atom stereocenters. The third kappa shape index (κ3) is 7.61. The smallest absolute Gasteiger partial charge is 0.335 e. The fourth-order valence-electron chi connectivity index (χ4n) is 14.7. The highest BCUT2D eigenvalue weighted by atomic mass is 16.8. The first-order valence-electron chi connectivity index (χ1n) is 23.7. The first-order valence-corrected chi connectivity index (χ1v) is 23.7. The molecule has 0 bridgehead atoms. The maximum absolute atomic E-state index is 13.8. The van der Waals surface area contributed by atoms with E-state index in [1.54, 1.807) is 6.92 Å². The van der Waals surface area contributed by atoms with Crippen LogP contribution in [-0.4, -0.2) is 181 Å². The largest absolute Gasteiger partial charge is 0.479 e. The first-order chi connectivity index (χ1) is 30.9. The van der Waals surface area contributed by atoms with Crippen molar-refractivity contribution in [2.45, 2.75) is 191 Å². The minimum Gasteiger partial charge on any atom is -0.479 e. The molecule has 8 aliphatic rings. The number of hydrogen-bond acceptors (Lipinski definition) is 18. The number of carboxylic acid groups (broad SMARTS) is 1. The van der Waals surface area contributed by atoms with E-state index in [-0.39, 0.29) is 40.9 Å². The van der Waals surface area contributed by atoms with Gasteiger partial charge in [0.2, 0.25) is 0 Å². The fourth-order valence-corrected chi connectivity index (χ4v) is 14.7. The predicted molar refractivity (Wildman–Crippen MR) is 225 cm³/mol. The molecule has 19 nitrogen and oxygen atoms in total. The van der Waals surface area contributed by atoms with E-state index in [4.69, 9.17) is 28.4 Å². The van der Waals surface area contributed by atoms with Crippen LogP contribution in [0.2, 0.25) is 0 Å². The minimum atomic E-state index is -2.13. The Bertz CT molecular complexity index is 1850. The molecule has 3 aliphatic heterocycles. The van der Waals surface area contributed by atoms with E-state index < -0.39 is 139 Å². The van der Waals surface area contributed by atoms with Crippen LogP contribution in [0, 0.1) is 56.2 Å². The Balaban J connectivity index is 1.12. The Morgan fingerprint density at radius 2 is 1.38 bits per heavy atom. The molecular formula is C47H72O19. The highest BCUT2D eigenvalue weighted by Gasteiger charge is 2.72. The van der Waals surface area contributed by atoms with Gasteiger partial charge < -0.3 is 89.1 Å². The average molecular weight is 941 g/mol. The molecule has 0 spiro atoms. The van der Waals surface area contributed by atoms with Crippen LogP contribution in [0.1, 0.15) is 92.9 Å². The van der Waals surface area contributed by atoms with Crippen LogP contribution in [0.5, 0.6) is 0 Å². The number of carbonyl (C=O) groups excluding carboxylic acids is 2. The zero-order valence-corrected chi connectivity index (χ0v) is 38.6. The number of fused-ring (bicyclic) bond motifs is 7. The van der Waals surface area contributed by atoms with Crippen molar-refractivity contribution in [3.05, 3.63) is 12.2 Å². The second-order valence-corrected chi connectivity index (χ2v) is 22.8. The molecule has 66 heavy (non-hydrogen) atoms. The molecule has 10 N–H and O–H groups in total. The second kappa shape index (κ2) is 17.7. The summed E-state index contributed by atoms with van der Waals surface area (Å²) in [6.45, 7) is 11.6. The van der Waals surface area contributed by atoms with Crippen LogP contribution < -0.4 is 0 Å². The maximum Gasteiger partial charge on any atom is 0.335 e. The quantitative estimate of drug-likeness (QED) is 0.0754. The van der Waals surface area contributed by atoms with Crippen molar-refractivity contribution in [3.8, 4) is 0 Å². The molecule has 5 aliphatic carbocycles. The van der Waals surface area contributed by atoms with Gasteiger partial charge in [0.15, 0.2) is 25.0 Å². The number of carbonyl (C=O) groups is 3. The lowest BCUT2D eigenvalue weighted by molar-refractivity contribution is -0.391. The maximum atomic E-state index is 13.8. The predicted octanol–water partition coefficient (Wildman–Crippen LogP) is -0.442. The summed E-state index contributed by atoms with van der Waals surface area (Å²) in [7, 11) is 0. The van der Waals surface area contributed by atoms with Crippen LogP contribution in [-0.2, 0) is 42.8 Å². The van der Waals surface area contributed by atoms with E-state index in [0.717, 1.165) is 25.4 Å². The monoisotopic (exact) mass is 940 g/mol. The Labute approximate surface area is 384 Å². The molecule has 19 heteroatoms. The van der Waals surface area contributed by atoms with Crippen LogP contribution in [0.3, 0.4) is 0 Å². The molecule has 15 unspecified atom stereocenters. The van der Waals surface area contributed by atoms with E-state index in [1.165, 1.54) is 0 Å². The zero-order chi connectivity index (χ0) is 48.3. The van der Waals surface area contributed by atoms with Crippen molar-refractivity contribution in [1.29, 1.82) is 0 Å². The number of carboxylic acids is 1. The summed E-state index contributed by atoms with van der Waals surface area (Å²) in [4.78, 5) is 39.6. The summed E-state index contributed by atoms with van der Waals surface area (Å²) < 4.78 is 35.9. The molecule has 4 saturated carbocycles. The summed E-state index contributed by atoms with van der Waals surface area (Å²) in [6, 6.07) is 0. The molecule has 8 rings (SSSR count). The molecule has 3 saturated heterocycles. The van der Waals surface area contributed by atoms with Crippen LogP contribution in [0.25, 0.3) is 0 Å². The topological polar surface area (TPSA) is 309 Å². The van der Waals surface area contributed by atoms with Gasteiger partial charge in [0.25, 0.3) is 0 Å². The summed E-state index contributed by atoms with van der Waals surface area (Å²) in [6.07, 6.45) is -16.4. The summed E-state index contributed by atoms with van der Waals surface area (Å²) in [5, 5.41) is 108. The minimum absolute atomic E-state index is 0.00113. The van der Waals surface area contributed by atoms with Crippen molar-refractivity contribution >= 4 is 18.5 Å². The van der Waals surface area contributed by atoms with E-state index in [1.807, 2.05) is 0 Å². The lowest BCUT2D eigenvalue weighted by Crippen LogP contribution is -2.69. The lowest BCUT2D eigenvalue weighted by Gasteiger charge is -2.72. The summed E-state index contributed by atoms with van der Waals surface area (Å²) >= 11 is 0. The second-order valence-electron chi connectivity index (χ2n) is 22.8. The van der Waals surface area contributed by atoms with Crippen molar-refractivity contribution in [2.24, 2.45) is 56.2 Å². The summed E-state index contributed by atoms with van der Waals surface area (Å²) in [5.74, 6) is -2.06. The lowest BCUT2D eigenvalue weighted by atomic mass is 9.32. The summed E-state index contributed by atoms with van der Waals surface area (Å²) in [5.41, 5.74) is -3.34. The number of aldehydes is 2. The molecular weight excluding hydrogens is 868 g/mol. The Morgan fingerprint density at radius 1 is 0.697 bits per heavy atom. The molecule has 0 amide bonds. The van der Waals surface area contributed by atoms with Crippen molar-refractivity contribution in [1.82, 2.24) is 0 Å². The molecule has 7 fully saturated rings. The molecule has 0 aromatic carbocycles. The standard InChI is InChI=1S/C47H72O19/c1-42(2)13-14-47(20-50)22(15-42)21-7-8-26-43(3)11-10-28(44(4,19-49)25(43)9-12-45(26,5)46(21,6)16-27(47)52)63-41-37(66-40-33(57)31(55)30(54)24(17-48)62-40)35(34(58)36(65-41)38(59)60)64-39-32(56)29(53)23(51)18-61-39/h7-8,19-37,39-41,48,51-58H,9-18H2,1-6H3,(H,59,60)/t21?,22-,23?,24?,25+,26+,27+,28-,29?,30?,31?,32?,33?,34?,35?,36?,37?,39?,40?,41?,43-,44-,45+,46+,47+/m0/s1.